The van der Waals surface area contributed by atoms with Gasteiger partial charge in [0.1, 0.15) is 0 Å². The number of nitrogens with zero attached hydrogens (tertiary/aromatic N) is 1. The van der Waals surface area contributed by atoms with Crippen molar-refractivity contribution in [1.29, 1.82) is 0 Å². The average molecular weight is 217 g/mol. The predicted molar refractivity (Wildman–Crippen MR) is 47.7 cm³/mol. The zero-order valence-electron chi connectivity index (χ0n) is 6.90. The van der Waals surface area contributed by atoms with E-state index in [1.807, 2.05) is 0 Å². The molecule has 0 heterocycles. The monoisotopic (exact) mass is 217 g/mol. The Morgan fingerprint density at radius 2 is 1.79 bits per heavy atom. The van der Waals surface area contributed by atoms with Crippen LogP contribution in [0.5, 0.6) is 0 Å². The summed E-state index contributed by atoms with van der Waals surface area (Å²) in [5.41, 5.74) is -0.0694. The van der Waals surface area contributed by atoms with Gasteiger partial charge in [0.2, 0.25) is 0 Å². The van der Waals surface area contributed by atoms with Crippen molar-refractivity contribution >= 4 is 10.1 Å². The molecular weight excluding hydrogens is 210 g/mol. The summed E-state index contributed by atoms with van der Waals surface area (Å²) in [5.74, 6) is 0. The zero-order chi connectivity index (χ0) is 10.8. The third-order valence-electron chi connectivity index (χ3n) is 1.56. The standard InChI is InChI=1S/C7H7NO5S/c9-8(10)7(14(11,12)13)6-4-2-1-3-5-6/h1-5,7H,(H,11,12,13). The Hall–Kier alpha value is -1.47. The van der Waals surface area contributed by atoms with Crippen molar-refractivity contribution < 1.29 is 17.9 Å². The van der Waals surface area contributed by atoms with Crippen LogP contribution in [-0.4, -0.2) is 17.9 Å². The Labute approximate surface area is 80.1 Å². The van der Waals surface area contributed by atoms with Gasteiger partial charge in [-0.05, 0) is 0 Å². The highest BCUT2D eigenvalue weighted by Crippen LogP contribution is 2.21. The molecule has 1 aromatic rings. The molecular formula is C7H7NO5S. The largest absolute Gasteiger partial charge is 0.359 e. The van der Waals surface area contributed by atoms with E-state index in [9.17, 15) is 18.5 Å². The first-order valence-corrected chi connectivity index (χ1v) is 5.08. The van der Waals surface area contributed by atoms with Gasteiger partial charge in [0.15, 0.2) is 0 Å². The molecule has 76 valence electrons. The first-order valence-electron chi connectivity index (χ1n) is 3.57. The van der Waals surface area contributed by atoms with E-state index in [0.29, 0.717) is 0 Å². The van der Waals surface area contributed by atoms with Gasteiger partial charge in [-0.25, -0.2) is 0 Å². The first-order chi connectivity index (χ1) is 6.43. The predicted octanol–water partition coefficient (Wildman–Crippen LogP) is 0.850. The summed E-state index contributed by atoms with van der Waals surface area (Å²) in [7, 11) is -4.72. The van der Waals surface area contributed by atoms with Gasteiger partial charge in [-0.2, -0.15) is 8.42 Å². The number of hydrogen-bond donors (Lipinski definition) is 1. The Balaban J connectivity index is 3.22. The minimum atomic E-state index is -4.72. The van der Waals surface area contributed by atoms with Crippen molar-refractivity contribution in [3.8, 4) is 0 Å². The molecule has 0 radical (unpaired) electrons. The second kappa shape index (κ2) is 3.72. The molecule has 0 aliphatic carbocycles. The Morgan fingerprint density at radius 1 is 1.29 bits per heavy atom. The molecule has 0 aromatic heterocycles. The maximum absolute atomic E-state index is 10.7. The van der Waals surface area contributed by atoms with Gasteiger partial charge in [-0.1, -0.05) is 30.3 Å². The van der Waals surface area contributed by atoms with E-state index in [2.05, 4.69) is 0 Å². The molecule has 7 heteroatoms. The minimum Gasteiger partial charge on any atom is -0.280 e. The highest BCUT2D eigenvalue weighted by molar-refractivity contribution is 7.85. The quantitative estimate of drug-likeness (QED) is 0.459. The van der Waals surface area contributed by atoms with Gasteiger partial charge < -0.3 is 0 Å². The van der Waals surface area contributed by atoms with Crippen LogP contribution in [-0.2, 0) is 10.1 Å². The summed E-state index contributed by atoms with van der Waals surface area (Å²) in [6.07, 6.45) is 0. The van der Waals surface area contributed by atoms with Crippen molar-refractivity contribution in [2.75, 3.05) is 0 Å². The van der Waals surface area contributed by atoms with Gasteiger partial charge in [0, 0.05) is 10.5 Å². The fourth-order valence-electron chi connectivity index (χ4n) is 1.02. The maximum atomic E-state index is 10.7. The van der Waals surface area contributed by atoms with Gasteiger partial charge >= 0.3 is 15.5 Å². The van der Waals surface area contributed by atoms with Crippen LogP contribution >= 0.6 is 0 Å². The van der Waals surface area contributed by atoms with E-state index in [-0.39, 0.29) is 5.56 Å². The summed E-state index contributed by atoms with van der Waals surface area (Å²) < 4.78 is 30.0. The summed E-state index contributed by atoms with van der Waals surface area (Å²) in [5, 5.41) is 8.31. The fraction of sp³-hybridized carbons (Fsp3) is 0.143. The molecule has 1 N–H and O–H groups in total. The number of benzene rings is 1. The van der Waals surface area contributed by atoms with Crippen LogP contribution in [0.1, 0.15) is 10.9 Å². The second-order valence-corrected chi connectivity index (χ2v) is 4.04. The fourth-order valence-corrected chi connectivity index (χ4v) is 1.74. The van der Waals surface area contributed by atoms with Gasteiger partial charge in [0.05, 0.1) is 0 Å². The summed E-state index contributed by atoms with van der Waals surface area (Å²) >= 11 is 0. The normalized spacial score (nSPS) is 13.5. The van der Waals surface area contributed by atoms with E-state index >= 15 is 0 Å². The second-order valence-electron chi connectivity index (χ2n) is 2.56. The lowest BCUT2D eigenvalue weighted by atomic mass is 10.2. The number of rotatable bonds is 3. The van der Waals surface area contributed by atoms with Crippen LogP contribution in [0.2, 0.25) is 0 Å². The molecule has 1 rings (SSSR count). The molecule has 6 nitrogen and oxygen atoms in total. The molecule has 1 unspecified atom stereocenters. The molecule has 1 aromatic carbocycles. The average Bonchev–Trinajstić information content (AvgIpc) is 2.02. The van der Waals surface area contributed by atoms with E-state index in [4.69, 9.17) is 4.55 Å². The molecule has 0 spiro atoms. The highest BCUT2D eigenvalue weighted by Gasteiger charge is 2.36. The van der Waals surface area contributed by atoms with Crippen molar-refractivity contribution in [1.82, 2.24) is 0 Å². The lowest BCUT2D eigenvalue weighted by molar-refractivity contribution is -0.503. The Morgan fingerprint density at radius 3 is 2.14 bits per heavy atom. The van der Waals surface area contributed by atoms with Crippen molar-refractivity contribution in [2.45, 2.75) is 5.37 Å². The van der Waals surface area contributed by atoms with Crippen molar-refractivity contribution in [2.24, 2.45) is 0 Å². The summed E-state index contributed by atoms with van der Waals surface area (Å²) in [6.45, 7) is 0. The van der Waals surface area contributed by atoms with Crippen molar-refractivity contribution in [3.63, 3.8) is 0 Å². The lowest BCUT2D eigenvalue weighted by Crippen LogP contribution is -2.20. The van der Waals surface area contributed by atoms with E-state index in [1.165, 1.54) is 24.3 Å². The smallest absolute Gasteiger partial charge is 0.280 e. The molecule has 0 fully saturated rings. The molecule has 0 saturated carbocycles. The van der Waals surface area contributed by atoms with E-state index in [1.54, 1.807) is 6.07 Å². The van der Waals surface area contributed by atoms with Crippen LogP contribution < -0.4 is 0 Å². The first kappa shape index (κ1) is 10.6. The van der Waals surface area contributed by atoms with Crippen LogP contribution in [0, 0.1) is 10.1 Å². The lowest BCUT2D eigenvalue weighted by Gasteiger charge is -2.05. The zero-order valence-corrected chi connectivity index (χ0v) is 7.72. The molecule has 0 saturated heterocycles. The van der Waals surface area contributed by atoms with Crippen LogP contribution in [0.3, 0.4) is 0 Å². The topological polar surface area (TPSA) is 97.5 Å². The van der Waals surface area contributed by atoms with Gasteiger partial charge in [0.25, 0.3) is 0 Å². The molecule has 14 heavy (non-hydrogen) atoms. The summed E-state index contributed by atoms with van der Waals surface area (Å²) in [4.78, 5) is 9.36. The molecule has 1 atom stereocenters. The Bertz CT molecular complexity index is 427. The molecule has 0 aliphatic rings. The van der Waals surface area contributed by atoms with Crippen molar-refractivity contribution in [3.05, 3.63) is 46.0 Å². The number of nitro groups is 1. The van der Waals surface area contributed by atoms with Gasteiger partial charge in [-0.3, -0.25) is 14.7 Å². The SMILES string of the molecule is O=[N+]([O-])C(c1ccccc1)S(=O)(=O)O. The third-order valence-corrected chi connectivity index (χ3v) is 2.57. The van der Waals surface area contributed by atoms with E-state index < -0.39 is 20.4 Å². The molecule has 0 aliphatic heterocycles. The highest BCUT2D eigenvalue weighted by atomic mass is 32.2. The third kappa shape index (κ3) is 2.27. The summed E-state index contributed by atoms with van der Waals surface area (Å²) in [6, 6.07) is 7.03. The number of hydrogen-bond acceptors (Lipinski definition) is 4. The Kier molecular flexibility index (Phi) is 2.82. The molecule has 0 amide bonds. The van der Waals surface area contributed by atoms with Crippen LogP contribution in [0.25, 0.3) is 0 Å². The van der Waals surface area contributed by atoms with E-state index in [0.717, 1.165) is 0 Å². The minimum absolute atomic E-state index is 0.0694. The van der Waals surface area contributed by atoms with Gasteiger partial charge in [-0.15, -0.1) is 0 Å². The van der Waals surface area contributed by atoms with Crippen LogP contribution in [0.4, 0.5) is 0 Å². The molecule has 0 bridgehead atoms. The maximum Gasteiger partial charge on any atom is 0.359 e. The van der Waals surface area contributed by atoms with Crippen LogP contribution in [0.15, 0.2) is 30.3 Å².